The Hall–Kier alpha value is -0.380. The Bertz CT molecular complexity index is 337. The highest BCUT2D eigenvalue weighted by atomic mass is 79.9. The fraction of sp³-hybridized carbons (Fsp3) is 0.647. The maximum absolute atomic E-state index is 5.69. The molecule has 1 N–H and O–H groups in total. The maximum Gasteiger partial charge on any atom is 0.0716 e. The molecule has 1 aromatic rings. The fourth-order valence-corrected chi connectivity index (χ4v) is 2.23. The summed E-state index contributed by atoms with van der Waals surface area (Å²) in [6, 6.07) is 8.32. The van der Waals surface area contributed by atoms with Gasteiger partial charge < -0.3 is 10.1 Å². The Kier molecular flexibility index (Phi) is 9.98. The number of unbranched alkanes of at least 4 members (excludes halogenated alkanes) is 3. The van der Waals surface area contributed by atoms with E-state index in [4.69, 9.17) is 4.74 Å². The lowest BCUT2D eigenvalue weighted by Crippen LogP contribution is -2.20. The predicted molar refractivity (Wildman–Crippen MR) is 90.0 cm³/mol. The first-order chi connectivity index (χ1) is 9.68. The van der Waals surface area contributed by atoms with Crippen LogP contribution in [-0.2, 0) is 11.3 Å². The van der Waals surface area contributed by atoms with Crippen molar-refractivity contribution in [2.45, 2.75) is 46.1 Å². The fourth-order valence-electron chi connectivity index (χ4n) is 1.97. The van der Waals surface area contributed by atoms with E-state index in [0.29, 0.717) is 0 Å². The molecule has 0 amide bonds. The molecule has 0 aromatic heterocycles. The summed E-state index contributed by atoms with van der Waals surface area (Å²) in [6.07, 6.45) is 5.01. The zero-order chi connectivity index (χ0) is 14.6. The molecule has 0 spiro atoms. The maximum atomic E-state index is 5.69. The van der Waals surface area contributed by atoms with Gasteiger partial charge in [0.2, 0.25) is 0 Å². The van der Waals surface area contributed by atoms with Crippen molar-refractivity contribution in [1.29, 1.82) is 0 Å². The molecule has 20 heavy (non-hydrogen) atoms. The zero-order valence-electron chi connectivity index (χ0n) is 12.8. The van der Waals surface area contributed by atoms with Crippen LogP contribution in [0.5, 0.6) is 0 Å². The minimum Gasteiger partial charge on any atom is -0.377 e. The van der Waals surface area contributed by atoms with Gasteiger partial charge in [0.05, 0.1) is 6.61 Å². The van der Waals surface area contributed by atoms with E-state index in [2.05, 4.69) is 59.4 Å². The highest BCUT2D eigenvalue weighted by Gasteiger charge is 1.95. The van der Waals surface area contributed by atoms with Crippen molar-refractivity contribution in [3.05, 3.63) is 34.3 Å². The molecular weight excluding hydrogens is 314 g/mol. The van der Waals surface area contributed by atoms with Crippen LogP contribution in [0.2, 0.25) is 0 Å². The van der Waals surface area contributed by atoms with E-state index in [1.807, 2.05) is 0 Å². The average Bonchev–Trinajstić information content (AvgIpc) is 2.42. The van der Waals surface area contributed by atoms with E-state index in [-0.39, 0.29) is 0 Å². The minimum absolute atomic E-state index is 0.725. The second kappa shape index (κ2) is 11.3. The van der Waals surface area contributed by atoms with Crippen LogP contribution in [-0.4, -0.2) is 19.7 Å². The van der Waals surface area contributed by atoms with Crippen molar-refractivity contribution in [2.24, 2.45) is 5.92 Å². The molecule has 1 aromatic carbocycles. The van der Waals surface area contributed by atoms with Crippen LogP contribution in [0, 0.1) is 5.92 Å². The number of rotatable bonds is 11. The van der Waals surface area contributed by atoms with Gasteiger partial charge in [-0.3, -0.25) is 0 Å². The van der Waals surface area contributed by atoms with Crippen LogP contribution in [0.15, 0.2) is 28.7 Å². The summed E-state index contributed by atoms with van der Waals surface area (Å²) in [5.41, 5.74) is 1.24. The second-order valence-electron chi connectivity index (χ2n) is 5.69. The smallest absolute Gasteiger partial charge is 0.0716 e. The number of halogens is 1. The van der Waals surface area contributed by atoms with Crippen LogP contribution in [0.1, 0.15) is 45.1 Å². The van der Waals surface area contributed by atoms with Gasteiger partial charge >= 0.3 is 0 Å². The summed E-state index contributed by atoms with van der Waals surface area (Å²) in [6.45, 7) is 8.37. The zero-order valence-corrected chi connectivity index (χ0v) is 14.4. The predicted octanol–water partition coefficient (Wildman–Crippen LogP) is 4.77. The monoisotopic (exact) mass is 341 g/mol. The van der Waals surface area contributed by atoms with Gasteiger partial charge in [-0.2, -0.15) is 0 Å². The highest BCUT2D eigenvalue weighted by Crippen LogP contribution is 2.11. The standard InChI is InChI=1S/C17H28BrNO/c1-15(2)13-19-11-5-3-4-6-12-20-14-16-7-9-17(18)10-8-16/h7-10,15,19H,3-6,11-14H2,1-2H3. The second-order valence-corrected chi connectivity index (χ2v) is 6.61. The Balaban J connectivity index is 1.86. The molecule has 0 saturated heterocycles. The third-order valence-electron chi connectivity index (χ3n) is 3.13. The largest absolute Gasteiger partial charge is 0.377 e. The molecule has 0 aliphatic rings. The van der Waals surface area contributed by atoms with Gasteiger partial charge in [-0.1, -0.05) is 54.8 Å². The molecule has 0 fully saturated rings. The molecule has 3 heteroatoms. The Labute approximate surface area is 132 Å². The summed E-state index contributed by atoms with van der Waals surface area (Å²) in [4.78, 5) is 0. The SMILES string of the molecule is CC(C)CNCCCCCCOCc1ccc(Br)cc1. The molecule has 1 rings (SSSR count). The molecule has 2 nitrogen and oxygen atoms in total. The van der Waals surface area contributed by atoms with E-state index in [1.54, 1.807) is 0 Å². The van der Waals surface area contributed by atoms with Crippen LogP contribution < -0.4 is 5.32 Å². The van der Waals surface area contributed by atoms with Crippen molar-refractivity contribution in [3.63, 3.8) is 0 Å². The summed E-state index contributed by atoms with van der Waals surface area (Å²) in [5, 5.41) is 3.48. The molecule has 114 valence electrons. The van der Waals surface area contributed by atoms with Crippen LogP contribution >= 0.6 is 15.9 Å². The average molecular weight is 342 g/mol. The summed E-state index contributed by atoms with van der Waals surface area (Å²) in [5.74, 6) is 0.752. The number of ether oxygens (including phenoxy) is 1. The first kappa shape index (κ1) is 17.7. The lowest BCUT2D eigenvalue weighted by atomic mass is 10.2. The van der Waals surface area contributed by atoms with Gasteiger partial charge in [0, 0.05) is 11.1 Å². The van der Waals surface area contributed by atoms with Gasteiger partial charge in [0.1, 0.15) is 0 Å². The molecule has 0 atom stereocenters. The Morgan fingerprint density at radius 1 is 1.05 bits per heavy atom. The van der Waals surface area contributed by atoms with Crippen molar-refractivity contribution < 1.29 is 4.74 Å². The quantitative estimate of drug-likeness (QED) is 0.585. The Morgan fingerprint density at radius 2 is 1.75 bits per heavy atom. The number of benzene rings is 1. The van der Waals surface area contributed by atoms with E-state index < -0.39 is 0 Å². The van der Waals surface area contributed by atoms with E-state index in [9.17, 15) is 0 Å². The first-order valence-electron chi connectivity index (χ1n) is 7.71. The molecule has 0 radical (unpaired) electrons. The van der Waals surface area contributed by atoms with Crippen molar-refractivity contribution in [2.75, 3.05) is 19.7 Å². The van der Waals surface area contributed by atoms with Gasteiger partial charge in [0.25, 0.3) is 0 Å². The van der Waals surface area contributed by atoms with Gasteiger partial charge in [-0.25, -0.2) is 0 Å². The van der Waals surface area contributed by atoms with Crippen LogP contribution in [0.4, 0.5) is 0 Å². The Morgan fingerprint density at radius 3 is 2.45 bits per heavy atom. The summed E-state index contributed by atoms with van der Waals surface area (Å²) in [7, 11) is 0. The van der Waals surface area contributed by atoms with Crippen molar-refractivity contribution in [1.82, 2.24) is 5.32 Å². The summed E-state index contributed by atoms with van der Waals surface area (Å²) < 4.78 is 6.81. The van der Waals surface area contributed by atoms with Crippen LogP contribution in [0.3, 0.4) is 0 Å². The van der Waals surface area contributed by atoms with Crippen LogP contribution in [0.25, 0.3) is 0 Å². The normalized spacial score (nSPS) is 11.2. The number of nitrogens with one attached hydrogen (secondary N) is 1. The molecule has 0 saturated carbocycles. The van der Waals surface area contributed by atoms with E-state index in [0.717, 1.165) is 36.7 Å². The minimum atomic E-state index is 0.725. The van der Waals surface area contributed by atoms with Gasteiger partial charge in [-0.05, 0) is 49.5 Å². The molecule has 0 heterocycles. The molecule has 0 aliphatic heterocycles. The number of hydrogen-bond donors (Lipinski definition) is 1. The highest BCUT2D eigenvalue weighted by molar-refractivity contribution is 9.10. The molecule has 0 unspecified atom stereocenters. The van der Waals surface area contributed by atoms with Gasteiger partial charge in [0.15, 0.2) is 0 Å². The lowest BCUT2D eigenvalue weighted by Gasteiger charge is -2.07. The van der Waals surface area contributed by atoms with Crippen molar-refractivity contribution in [3.8, 4) is 0 Å². The van der Waals surface area contributed by atoms with E-state index in [1.165, 1.54) is 31.2 Å². The van der Waals surface area contributed by atoms with Crippen molar-refractivity contribution >= 4 is 15.9 Å². The molecule has 0 bridgehead atoms. The summed E-state index contributed by atoms with van der Waals surface area (Å²) >= 11 is 3.44. The first-order valence-corrected chi connectivity index (χ1v) is 8.50. The molecule has 0 aliphatic carbocycles. The lowest BCUT2D eigenvalue weighted by molar-refractivity contribution is 0.116. The third kappa shape index (κ3) is 9.51. The van der Waals surface area contributed by atoms with E-state index >= 15 is 0 Å². The molecular formula is C17H28BrNO. The number of hydrogen-bond acceptors (Lipinski definition) is 2. The topological polar surface area (TPSA) is 21.3 Å². The third-order valence-corrected chi connectivity index (χ3v) is 3.66. The van der Waals surface area contributed by atoms with Gasteiger partial charge in [-0.15, -0.1) is 0 Å².